The number of aryl methyl sites for hydroxylation is 1. The fourth-order valence-electron chi connectivity index (χ4n) is 2.20. The molecule has 1 aromatic heterocycles. The summed E-state index contributed by atoms with van der Waals surface area (Å²) in [5.41, 5.74) is 6.54. The van der Waals surface area contributed by atoms with Gasteiger partial charge in [-0.25, -0.2) is 0 Å². The summed E-state index contributed by atoms with van der Waals surface area (Å²) in [7, 11) is 0. The molecule has 3 N–H and O–H groups in total. The lowest BCUT2D eigenvalue weighted by molar-refractivity contribution is -0.124. The molecular formula is C11H19N5O. The van der Waals surface area contributed by atoms with Crippen molar-refractivity contribution in [3.63, 3.8) is 0 Å². The number of primary amides is 1. The second-order valence-corrected chi connectivity index (χ2v) is 4.23. The average Bonchev–Trinajstić information content (AvgIpc) is 2.77. The van der Waals surface area contributed by atoms with E-state index < -0.39 is 0 Å². The molecule has 0 radical (unpaired) electrons. The topological polar surface area (TPSA) is 76.2 Å². The lowest BCUT2D eigenvalue weighted by Crippen LogP contribution is -2.56. The van der Waals surface area contributed by atoms with Gasteiger partial charge in [-0.1, -0.05) is 0 Å². The zero-order chi connectivity index (χ0) is 12.3. The third kappa shape index (κ3) is 2.65. The predicted octanol–water partition coefficient (Wildman–Crippen LogP) is -0.838. The largest absolute Gasteiger partial charge is 0.368 e. The minimum atomic E-state index is -0.264. The van der Waals surface area contributed by atoms with E-state index >= 15 is 0 Å². The van der Waals surface area contributed by atoms with Crippen LogP contribution in [0.15, 0.2) is 12.3 Å². The fourth-order valence-corrected chi connectivity index (χ4v) is 2.20. The molecule has 0 saturated carbocycles. The maximum Gasteiger partial charge on any atom is 0.236 e. The Bertz CT molecular complexity index is 389. The van der Waals surface area contributed by atoms with E-state index in [1.807, 2.05) is 10.7 Å². The van der Waals surface area contributed by atoms with Crippen molar-refractivity contribution in [2.45, 2.75) is 26.1 Å². The lowest BCUT2D eigenvalue weighted by Gasteiger charge is -2.34. The number of rotatable bonds is 4. The number of aromatic nitrogens is 2. The second-order valence-electron chi connectivity index (χ2n) is 4.23. The van der Waals surface area contributed by atoms with E-state index in [-0.39, 0.29) is 11.9 Å². The Morgan fingerprint density at radius 3 is 3.24 bits per heavy atom. The Balaban J connectivity index is 2.08. The molecule has 1 fully saturated rings. The smallest absolute Gasteiger partial charge is 0.236 e. The zero-order valence-corrected chi connectivity index (χ0v) is 10.1. The molecule has 1 unspecified atom stereocenters. The first-order valence-electron chi connectivity index (χ1n) is 5.97. The van der Waals surface area contributed by atoms with Gasteiger partial charge in [0.15, 0.2) is 0 Å². The molecule has 1 saturated heterocycles. The molecule has 6 heteroatoms. The van der Waals surface area contributed by atoms with Gasteiger partial charge in [0.1, 0.15) is 6.04 Å². The first-order valence-corrected chi connectivity index (χ1v) is 5.97. The van der Waals surface area contributed by atoms with Crippen LogP contribution in [0.3, 0.4) is 0 Å². The van der Waals surface area contributed by atoms with Gasteiger partial charge in [0.2, 0.25) is 5.91 Å². The predicted molar refractivity (Wildman–Crippen MR) is 64.2 cm³/mol. The van der Waals surface area contributed by atoms with E-state index in [1.165, 1.54) is 0 Å². The minimum Gasteiger partial charge on any atom is -0.368 e. The number of nitrogens with two attached hydrogens (primary N) is 1. The summed E-state index contributed by atoms with van der Waals surface area (Å²) in [6.07, 6.45) is 1.79. The van der Waals surface area contributed by atoms with Gasteiger partial charge < -0.3 is 11.1 Å². The molecule has 6 nitrogen and oxygen atoms in total. The van der Waals surface area contributed by atoms with Crippen LogP contribution in [0.2, 0.25) is 0 Å². The van der Waals surface area contributed by atoms with Gasteiger partial charge in [0, 0.05) is 38.9 Å². The number of amides is 1. The summed E-state index contributed by atoms with van der Waals surface area (Å²) < 4.78 is 1.94. The fraction of sp³-hybridized carbons (Fsp3) is 0.636. The van der Waals surface area contributed by atoms with Gasteiger partial charge in [-0.3, -0.25) is 14.4 Å². The molecule has 1 aliphatic rings. The molecule has 0 aliphatic carbocycles. The number of piperazine rings is 1. The lowest BCUT2D eigenvalue weighted by atomic mass is 10.1. The van der Waals surface area contributed by atoms with E-state index in [9.17, 15) is 4.79 Å². The SMILES string of the molecule is CCn1nccc1CN1CCNCC1C(N)=O. The Hall–Kier alpha value is -1.40. The van der Waals surface area contributed by atoms with Crippen molar-refractivity contribution in [2.24, 2.45) is 5.73 Å². The number of carbonyl (C=O) groups is 1. The highest BCUT2D eigenvalue weighted by Crippen LogP contribution is 2.10. The van der Waals surface area contributed by atoms with Gasteiger partial charge in [-0.05, 0) is 13.0 Å². The second kappa shape index (κ2) is 5.29. The van der Waals surface area contributed by atoms with Crippen molar-refractivity contribution in [1.29, 1.82) is 0 Å². The van der Waals surface area contributed by atoms with Crippen LogP contribution in [0, 0.1) is 0 Å². The van der Waals surface area contributed by atoms with Crippen LogP contribution in [-0.2, 0) is 17.9 Å². The number of hydrogen-bond donors (Lipinski definition) is 2. The molecule has 1 aromatic rings. The van der Waals surface area contributed by atoms with Gasteiger partial charge in [-0.15, -0.1) is 0 Å². The molecule has 0 spiro atoms. The van der Waals surface area contributed by atoms with E-state index in [0.29, 0.717) is 6.54 Å². The number of hydrogen-bond acceptors (Lipinski definition) is 4. The van der Waals surface area contributed by atoms with Crippen LogP contribution >= 0.6 is 0 Å². The number of nitrogens with one attached hydrogen (secondary N) is 1. The van der Waals surface area contributed by atoms with Crippen molar-refractivity contribution in [3.05, 3.63) is 18.0 Å². The molecular weight excluding hydrogens is 218 g/mol. The monoisotopic (exact) mass is 237 g/mol. The molecule has 94 valence electrons. The third-order valence-electron chi connectivity index (χ3n) is 3.15. The zero-order valence-electron chi connectivity index (χ0n) is 10.1. The molecule has 0 aromatic carbocycles. The minimum absolute atomic E-state index is 0.219. The molecule has 1 atom stereocenters. The van der Waals surface area contributed by atoms with Crippen LogP contribution in [0.4, 0.5) is 0 Å². The summed E-state index contributed by atoms with van der Waals surface area (Å²) in [4.78, 5) is 13.5. The van der Waals surface area contributed by atoms with Crippen molar-refractivity contribution in [1.82, 2.24) is 20.0 Å². The van der Waals surface area contributed by atoms with Gasteiger partial charge in [0.25, 0.3) is 0 Å². The summed E-state index contributed by atoms with van der Waals surface area (Å²) in [6.45, 7) is 5.99. The maximum absolute atomic E-state index is 11.4. The Morgan fingerprint density at radius 2 is 2.53 bits per heavy atom. The molecule has 1 aliphatic heterocycles. The molecule has 0 bridgehead atoms. The Kier molecular flexibility index (Phi) is 3.75. The highest BCUT2D eigenvalue weighted by atomic mass is 16.1. The number of nitrogens with zero attached hydrogens (tertiary/aromatic N) is 3. The van der Waals surface area contributed by atoms with Crippen LogP contribution in [-0.4, -0.2) is 46.3 Å². The van der Waals surface area contributed by atoms with Crippen molar-refractivity contribution in [2.75, 3.05) is 19.6 Å². The van der Waals surface area contributed by atoms with Crippen molar-refractivity contribution >= 4 is 5.91 Å². The standard InChI is InChI=1S/C11H19N5O/c1-2-16-9(3-4-14-16)8-15-6-5-13-7-10(15)11(12)17/h3-4,10,13H,2,5-8H2,1H3,(H2,12,17). The van der Waals surface area contributed by atoms with E-state index in [1.54, 1.807) is 6.20 Å². The molecule has 2 rings (SSSR count). The van der Waals surface area contributed by atoms with Gasteiger partial charge in [0.05, 0.1) is 5.69 Å². The maximum atomic E-state index is 11.4. The summed E-state index contributed by atoms with van der Waals surface area (Å²) in [5, 5.41) is 7.42. The highest BCUT2D eigenvalue weighted by molar-refractivity contribution is 5.80. The van der Waals surface area contributed by atoms with Crippen LogP contribution < -0.4 is 11.1 Å². The van der Waals surface area contributed by atoms with Gasteiger partial charge >= 0.3 is 0 Å². The molecule has 17 heavy (non-hydrogen) atoms. The Labute approximate surface area is 101 Å². The Morgan fingerprint density at radius 1 is 1.71 bits per heavy atom. The number of carbonyl (C=O) groups excluding carboxylic acids is 1. The normalized spacial score (nSPS) is 21.6. The summed E-state index contributed by atoms with van der Waals surface area (Å²) in [6, 6.07) is 1.77. The quantitative estimate of drug-likeness (QED) is 0.716. The third-order valence-corrected chi connectivity index (χ3v) is 3.15. The summed E-state index contributed by atoms with van der Waals surface area (Å²) >= 11 is 0. The van der Waals surface area contributed by atoms with E-state index in [2.05, 4.69) is 22.2 Å². The van der Waals surface area contributed by atoms with E-state index in [4.69, 9.17) is 5.73 Å². The first kappa shape index (κ1) is 12.1. The van der Waals surface area contributed by atoms with E-state index in [0.717, 1.165) is 31.9 Å². The first-order chi connectivity index (χ1) is 8.22. The van der Waals surface area contributed by atoms with Crippen molar-refractivity contribution in [3.8, 4) is 0 Å². The van der Waals surface area contributed by atoms with Crippen LogP contribution in [0.25, 0.3) is 0 Å². The average molecular weight is 237 g/mol. The highest BCUT2D eigenvalue weighted by Gasteiger charge is 2.27. The van der Waals surface area contributed by atoms with Gasteiger partial charge in [-0.2, -0.15) is 5.10 Å². The van der Waals surface area contributed by atoms with Crippen LogP contribution in [0.5, 0.6) is 0 Å². The molecule has 2 heterocycles. The van der Waals surface area contributed by atoms with Crippen molar-refractivity contribution < 1.29 is 4.79 Å². The molecule has 1 amide bonds. The summed E-state index contributed by atoms with van der Waals surface area (Å²) in [5.74, 6) is -0.264. The van der Waals surface area contributed by atoms with Crippen LogP contribution in [0.1, 0.15) is 12.6 Å².